The molecule has 0 amide bonds. The lowest BCUT2D eigenvalue weighted by atomic mass is 10.4. The van der Waals surface area contributed by atoms with Gasteiger partial charge in [0.25, 0.3) is 0 Å². The molecule has 74 valence electrons. The fourth-order valence-corrected chi connectivity index (χ4v) is 1.67. The van der Waals surface area contributed by atoms with Crippen molar-refractivity contribution in [3.63, 3.8) is 0 Å². The van der Waals surface area contributed by atoms with Crippen LogP contribution < -0.4 is 5.32 Å². The summed E-state index contributed by atoms with van der Waals surface area (Å²) in [6.07, 6.45) is 4.05. The lowest BCUT2D eigenvalue weighted by Gasteiger charge is -2.13. The van der Waals surface area contributed by atoms with E-state index in [2.05, 4.69) is 22.1 Å². The van der Waals surface area contributed by atoms with Gasteiger partial charge in [0, 0.05) is 0 Å². The summed E-state index contributed by atoms with van der Waals surface area (Å²) >= 11 is 0. The molecule has 0 spiro atoms. The highest BCUT2D eigenvalue weighted by atomic mass is 15.1. The van der Waals surface area contributed by atoms with Crippen LogP contribution in [0.2, 0.25) is 0 Å². The second-order valence-corrected chi connectivity index (χ2v) is 3.51. The molecule has 0 saturated carbocycles. The molecule has 1 heterocycles. The summed E-state index contributed by atoms with van der Waals surface area (Å²) in [7, 11) is 0. The van der Waals surface area contributed by atoms with Crippen LogP contribution in [0, 0.1) is 11.8 Å². The van der Waals surface area contributed by atoms with Crippen molar-refractivity contribution in [1.82, 2.24) is 10.2 Å². The predicted octanol–water partition coefficient (Wildman–Crippen LogP) is 1.09. The number of hydrogen-bond donors (Lipinski definition) is 1. The Morgan fingerprint density at radius 1 is 1.31 bits per heavy atom. The summed E-state index contributed by atoms with van der Waals surface area (Å²) in [6, 6.07) is 0. The molecule has 0 atom stereocenters. The Morgan fingerprint density at radius 2 is 2.08 bits per heavy atom. The Bertz CT molecular complexity index is 172. The molecule has 1 rings (SSSR count). The molecule has 0 bridgehead atoms. The minimum Gasteiger partial charge on any atom is -0.306 e. The zero-order valence-corrected chi connectivity index (χ0v) is 8.60. The van der Waals surface area contributed by atoms with Crippen LogP contribution in [-0.2, 0) is 0 Å². The average Bonchev–Trinajstić information content (AvgIpc) is 2.63. The first-order valence-electron chi connectivity index (χ1n) is 5.26. The van der Waals surface area contributed by atoms with Gasteiger partial charge in [-0.15, -0.1) is 5.92 Å². The third-order valence-corrected chi connectivity index (χ3v) is 2.42. The van der Waals surface area contributed by atoms with E-state index >= 15 is 0 Å². The highest BCUT2D eigenvalue weighted by Crippen LogP contribution is 2.06. The SMILES string of the molecule is CC#CCNCCCN1CCCC1. The van der Waals surface area contributed by atoms with E-state index in [1.807, 2.05) is 6.92 Å². The summed E-state index contributed by atoms with van der Waals surface area (Å²) in [5, 5.41) is 3.31. The normalized spacial score (nSPS) is 17.0. The first-order valence-corrected chi connectivity index (χ1v) is 5.26. The van der Waals surface area contributed by atoms with Crippen LogP contribution in [0.4, 0.5) is 0 Å². The molecule has 1 aliphatic rings. The number of nitrogens with one attached hydrogen (secondary N) is 1. The van der Waals surface area contributed by atoms with E-state index in [0.717, 1.165) is 13.1 Å². The number of nitrogens with zero attached hydrogens (tertiary/aromatic N) is 1. The molecule has 0 aliphatic carbocycles. The van der Waals surface area contributed by atoms with Crippen LogP contribution in [0.15, 0.2) is 0 Å². The zero-order valence-electron chi connectivity index (χ0n) is 8.60. The van der Waals surface area contributed by atoms with E-state index in [1.165, 1.54) is 38.9 Å². The molecule has 0 aromatic heterocycles. The lowest BCUT2D eigenvalue weighted by molar-refractivity contribution is 0.332. The predicted molar refractivity (Wildman–Crippen MR) is 56.6 cm³/mol. The molecular formula is C11H20N2. The van der Waals surface area contributed by atoms with Crippen LogP contribution in [0.25, 0.3) is 0 Å². The summed E-state index contributed by atoms with van der Waals surface area (Å²) in [6.45, 7) is 7.71. The standard InChI is InChI=1S/C11H20N2/c1-2-3-7-12-8-6-11-13-9-4-5-10-13/h12H,4-11H2,1H3. The molecule has 0 unspecified atom stereocenters. The third-order valence-electron chi connectivity index (χ3n) is 2.42. The van der Waals surface area contributed by atoms with E-state index in [9.17, 15) is 0 Å². The molecule has 1 saturated heterocycles. The summed E-state index contributed by atoms with van der Waals surface area (Å²) < 4.78 is 0. The minimum absolute atomic E-state index is 0.844. The van der Waals surface area contributed by atoms with Crippen LogP contribution >= 0.6 is 0 Å². The molecule has 2 heteroatoms. The maximum Gasteiger partial charge on any atom is 0.0576 e. The molecular weight excluding hydrogens is 160 g/mol. The highest BCUT2D eigenvalue weighted by Gasteiger charge is 2.09. The molecule has 1 N–H and O–H groups in total. The molecule has 0 radical (unpaired) electrons. The summed E-state index contributed by atoms with van der Waals surface area (Å²) in [5.74, 6) is 5.88. The zero-order chi connectivity index (χ0) is 9.36. The van der Waals surface area contributed by atoms with Crippen LogP contribution in [-0.4, -0.2) is 37.6 Å². The van der Waals surface area contributed by atoms with Crippen molar-refractivity contribution < 1.29 is 0 Å². The van der Waals surface area contributed by atoms with E-state index in [-0.39, 0.29) is 0 Å². The van der Waals surface area contributed by atoms with Crippen LogP contribution in [0.3, 0.4) is 0 Å². The van der Waals surface area contributed by atoms with Crippen molar-refractivity contribution in [2.24, 2.45) is 0 Å². The average molecular weight is 180 g/mol. The van der Waals surface area contributed by atoms with Gasteiger partial charge in [0.05, 0.1) is 6.54 Å². The fraction of sp³-hybridized carbons (Fsp3) is 0.818. The second-order valence-electron chi connectivity index (χ2n) is 3.51. The molecule has 1 aliphatic heterocycles. The van der Waals surface area contributed by atoms with Gasteiger partial charge in [-0.2, -0.15) is 0 Å². The topological polar surface area (TPSA) is 15.3 Å². The second kappa shape index (κ2) is 6.94. The Hall–Kier alpha value is -0.520. The largest absolute Gasteiger partial charge is 0.306 e. The smallest absolute Gasteiger partial charge is 0.0576 e. The van der Waals surface area contributed by atoms with Gasteiger partial charge in [0.2, 0.25) is 0 Å². The molecule has 13 heavy (non-hydrogen) atoms. The van der Waals surface area contributed by atoms with E-state index < -0.39 is 0 Å². The number of hydrogen-bond acceptors (Lipinski definition) is 2. The molecule has 0 aromatic rings. The van der Waals surface area contributed by atoms with Crippen molar-refractivity contribution in [3.8, 4) is 11.8 Å². The first-order chi connectivity index (χ1) is 6.43. The summed E-state index contributed by atoms with van der Waals surface area (Å²) in [4.78, 5) is 2.55. The Kier molecular flexibility index (Phi) is 5.64. The number of rotatable bonds is 5. The van der Waals surface area contributed by atoms with Crippen molar-refractivity contribution in [3.05, 3.63) is 0 Å². The third kappa shape index (κ3) is 4.92. The van der Waals surface area contributed by atoms with Gasteiger partial charge in [0.15, 0.2) is 0 Å². The van der Waals surface area contributed by atoms with Gasteiger partial charge in [-0.25, -0.2) is 0 Å². The molecule has 1 fully saturated rings. The van der Waals surface area contributed by atoms with Crippen LogP contribution in [0.5, 0.6) is 0 Å². The molecule has 0 aromatic carbocycles. The van der Waals surface area contributed by atoms with E-state index in [4.69, 9.17) is 0 Å². The van der Waals surface area contributed by atoms with Crippen molar-refractivity contribution >= 4 is 0 Å². The van der Waals surface area contributed by atoms with Gasteiger partial charge >= 0.3 is 0 Å². The van der Waals surface area contributed by atoms with Crippen molar-refractivity contribution in [2.75, 3.05) is 32.7 Å². The maximum absolute atomic E-state index is 3.31. The van der Waals surface area contributed by atoms with Gasteiger partial charge in [-0.1, -0.05) is 5.92 Å². The van der Waals surface area contributed by atoms with Crippen LogP contribution in [0.1, 0.15) is 26.2 Å². The van der Waals surface area contributed by atoms with E-state index in [0.29, 0.717) is 0 Å². The van der Waals surface area contributed by atoms with E-state index in [1.54, 1.807) is 0 Å². The Balaban J connectivity index is 1.85. The highest BCUT2D eigenvalue weighted by molar-refractivity contribution is 4.96. The van der Waals surface area contributed by atoms with Gasteiger partial charge in [-0.05, 0) is 52.4 Å². The quantitative estimate of drug-likeness (QED) is 0.503. The van der Waals surface area contributed by atoms with Gasteiger partial charge < -0.3 is 10.2 Å². The summed E-state index contributed by atoms with van der Waals surface area (Å²) in [5.41, 5.74) is 0. The minimum atomic E-state index is 0.844. The van der Waals surface area contributed by atoms with Crippen molar-refractivity contribution in [1.29, 1.82) is 0 Å². The van der Waals surface area contributed by atoms with Gasteiger partial charge in [-0.3, -0.25) is 0 Å². The monoisotopic (exact) mass is 180 g/mol. The fourth-order valence-electron chi connectivity index (χ4n) is 1.67. The lowest BCUT2D eigenvalue weighted by Crippen LogP contribution is -2.24. The first kappa shape index (κ1) is 10.6. The number of likely N-dealkylation sites (tertiary alicyclic amines) is 1. The maximum atomic E-state index is 3.31. The van der Waals surface area contributed by atoms with Gasteiger partial charge in [0.1, 0.15) is 0 Å². The Morgan fingerprint density at radius 3 is 2.77 bits per heavy atom. The van der Waals surface area contributed by atoms with Crippen molar-refractivity contribution in [2.45, 2.75) is 26.2 Å². The molecule has 2 nitrogen and oxygen atoms in total. The Labute approximate surface area is 81.7 Å².